The molecule has 11 heteroatoms. The average molecular weight is 510 g/mol. The molecule has 194 valence electrons. The largest absolute Gasteiger partial charge is 0.420 e. The van der Waals surface area contributed by atoms with Crippen LogP contribution in [0.3, 0.4) is 0 Å². The fraction of sp³-hybridized carbons (Fsp3) is 0.667. The Kier molecular flexibility index (Phi) is 9.12. The number of nitriles is 1. The van der Waals surface area contributed by atoms with E-state index in [0.717, 1.165) is 57.1 Å². The number of nitrogens with zero attached hydrogens (tertiary/aromatic N) is 3. The number of benzene rings is 1. The molecular formula is C24H35N3O7S. The lowest BCUT2D eigenvalue weighted by atomic mass is 9.79. The lowest BCUT2D eigenvalue weighted by Crippen LogP contribution is -2.53. The molecule has 2 aliphatic rings. The molecule has 1 N–H and O–H groups in total. The summed E-state index contributed by atoms with van der Waals surface area (Å²) in [5.41, 5.74) is 2.04. The monoisotopic (exact) mass is 509 g/mol. The Bertz CT molecular complexity index is 1170. The van der Waals surface area contributed by atoms with Crippen molar-refractivity contribution in [1.82, 2.24) is 9.47 Å². The number of rotatable bonds is 6. The van der Waals surface area contributed by atoms with E-state index in [0.29, 0.717) is 36.7 Å². The topological polar surface area (TPSA) is 135 Å². The summed E-state index contributed by atoms with van der Waals surface area (Å²) in [6.45, 7) is 5.63. The predicted octanol–water partition coefficient (Wildman–Crippen LogP) is 2.97. The molecule has 0 bridgehead atoms. The van der Waals surface area contributed by atoms with Gasteiger partial charge < -0.3 is 13.9 Å². The summed E-state index contributed by atoms with van der Waals surface area (Å²) >= 11 is 0. The van der Waals surface area contributed by atoms with Gasteiger partial charge in [-0.15, -0.1) is 0 Å². The third-order valence-electron chi connectivity index (χ3n) is 6.99. The summed E-state index contributed by atoms with van der Waals surface area (Å²) in [5, 5.41) is 9.20. The van der Waals surface area contributed by atoms with E-state index in [9.17, 15) is 18.5 Å². The zero-order valence-corrected chi connectivity index (χ0v) is 21.4. The molecule has 1 aliphatic heterocycles. The molecule has 35 heavy (non-hydrogen) atoms. The van der Waals surface area contributed by atoms with E-state index in [1.54, 1.807) is 29.9 Å². The first-order chi connectivity index (χ1) is 16.5. The number of likely N-dealkylation sites (tertiary alicyclic amines) is 1. The van der Waals surface area contributed by atoms with E-state index < -0.39 is 10.1 Å². The summed E-state index contributed by atoms with van der Waals surface area (Å²) in [6.07, 6.45) is 7.32. The van der Waals surface area contributed by atoms with Crippen molar-refractivity contribution in [1.29, 1.82) is 5.26 Å². The quantitative estimate of drug-likeness (QED) is 0.460. The summed E-state index contributed by atoms with van der Waals surface area (Å²) in [4.78, 5) is 15.1. The molecule has 0 radical (unpaired) electrons. The Hall–Kier alpha value is -2.23. The lowest BCUT2D eigenvalue weighted by Gasteiger charge is -2.48. The number of hydrogen-bond acceptors (Lipinski definition) is 8. The summed E-state index contributed by atoms with van der Waals surface area (Å²) in [5.74, 6) is -0.321. The van der Waals surface area contributed by atoms with Crippen LogP contribution in [0.15, 0.2) is 27.4 Å². The molecule has 2 heterocycles. The van der Waals surface area contributed by atoms with Crippen molar-refractivity contribution in [2.45, 2.75) is 63.1 Å². The molecule has 1 saturated heterocycles. The summed E-state index contributed by atoms with van der Waals surface area (Å²) in [7, 11) is -1.96. The highest BCUT2D eigenvalue weighted by Crippen LogP contribution is 2.38. The van der Waals surface area contributed by atoms with Crippen molar-refractivity contribution in [3.63, 3.8) is 0 Å². The lowest BCUT2D eigenvalue weighted by molar-refractivity contribution is -0.0419. The number of hydrogen-bond donors (Lipinski definition) is 1. The maximum atomic E-state index is 12.5. The first-order valence-electron chi connectivity index (χ1n) is 11.9. The molecule has 0 unspecified atom stereocenters. The zero-order valence-electron chi connectivity index (χ0n) is 20.6. The Balaban J connectivity index is 0.000000623. The first kappa shape index (κ1) is 27.4. The Labute approximate surface area is 206 Å². The third kappa shape index (κ3) is 7.38. The van der Waals surface area contributed by atoms with E-state index in [4.69, 9.17) is 18.4 Å². The molecule has 1 aliphatic carbocycles. The van der Waals surface area contributed by atoms with Crippen LogP contribution in [-0.4, -0.2) is 73.7 Å². The van der Waals surface area contributed by atoms with Crippen molar-refractivity contribution >= 4 is 21.2 Å². The second kappa shape index (κ2) is 11.7. The predicted molar refractivity (Wildman–Crippen MR) is 131 cm³/mol. The normalized spacial score (nSPS) is 24.0. The number of aromatic nitrogens is 1. The minimum absolute atomic E-state index is 0.112. The molecule has 1 aromatic heterocycles. The molecule has 1 aromatic carbocycles. The molecule has 10 nitrogen and oxygen atoms in total. The van der Waals surface area contributed by atoms with Gasteiger partial charge in [0.05, 0.1) is 42.7 Å². The summed E-state index contributed by atoms with van der Waals surface area (Å²) < 4.78 is 44.1. The third-order valence-corrected chi connectivity index (χ3v) is 6.99. The van der Waals surface area contributed by atoms with Crippen molar-refractivity contribution in [3.8, 4) is 6.07 Å². The van der Waals surface area contributed by atoms with Crippen molar-refractivity contribution in [2.75, 3.05) is 39.7 Å². The minimum atomic E-state index is -3.67. The van der Waals surface area contributed by atoms with Crippen LogP contribution < -0.4 is 5.76 Å². The van der Waals surface area contributed by atoms with Gasteiger partial charge in [0.25, 0.3) is 10.1 Å². The van der Waals surface area contributed by atoms with Crippen LogP contribution in [0.25, 0.3) is 11.1 Å². The van der Waals surface area contributed by atoms with Gasteiger partial charge in [-0.1, -0.05) is 0 Å². The van der Waals surface area contributed by atoms with Gasteiger partial charge in [0.1, 0.15) is 0 Å². The fourth-order valence-electron chi connectivity index (χ4n) is 5.11. The van der Waals surface area contributed by atoms with Crippen LogP contribution in [0, 0.1) is 11.3 Å². The van der Waals surface area contributed by atoms with E-state index >= 15 is 0 Å². The second-order valence-corrected chi connectivity index (χ2v) is 11.0. The highest BCUT2D eigenvalue weighted by Gasteiger charge is 2.38. The smallest absolute Gasteiger partial charge is 0.408 e. The minimum Gasteiger partial charge on any atom is -0.408 e. The van der Waals surface area contributed by atoms with Crippen LogP contribution in [0.2, 0.25) is 0 Å². The average Bonchev–Trinajstić information content (AvgIpc) is 3.14. The number of methoxy groups -OCH3 is 1. The van der Waals surface area contributed by atoms with Crippen LogP contribution in [-0.2, 0) is 19.6 Å². The zero-order chi connectivity index (χ0) is 25.6. The van der Waals surface area contributed by atoms with Crippen molar-refractivity contribution < 1.29 is 26.9 Å². The Morgan fingerprint density at radius 1 is 1.20 bits per heavy atom. The van der Waals surface area contributed by atoms with Crippen LogP contribution >= 0.6 is 0 Å². The molecule has 0 amide bonds. The van der Waals surface area contributed by atoms with Gasteiger partial charge in [0.15, 0.2) is 5.58 Å². The SMILES string of the molecule is COCCO[C@H]1CC[C@](C)(N2CCC(n3c(=O)oc4ccc(C#N)cc43)CC2)CC1.CS(=O)(=O)O. The van der Waals surface area contributed by atoms with Gasteiger partial charge in [-0.25, -0.2) is 4.79 Å². The molecule has 4 rings (SSSR count). The number of piperidine rings is 1. The number of fused-ring (bicyclic) bond motifs is 1. The second-order valence-electron chi connectivity index (χ2n) is 9.54. The van der Waals surface area contributed by atoms with E-state index in [-0.39, 0.29) is 17.3 Å². The molecular weight excluding hydrogens is 474 g/mol. The Morgan fingerprint density at radius 2 is 1.83 bits per heavy atom. The molecule has 2 fully saturated rings. The Morgan fingerprint density at radius 3 is 2.40 bits per heavy atom. The van der Waals surface area contributed by atoms with E-state index in [1.807, 2.05) is 0 Å². The van der Waals surface area contributed by atoms with Crippen molar-refractivity contribution in [3.05, 3.63) is 34.3 Å². The summed E-state index contributed by atoms with van der Waals surface area (Å²) in [6, 6.07) is 7.43. The van der Waals surface area contributed by atoms with Crippen LogP contribution in [0.4, 0.5) is 0 Å². The molecule has 0 atom stereocenters. The first-order valence-corrected chi connectivity index (χ1v) is 13.7. The van der Waals surface area contributed by atoms with Crippen molar-refractivity contribution in [2.24, 2.45) is 0 Å². The molecule has 2 aromatic rings. The highest BCUT2D eigenvalue weighted by molar-refractivity contribution is 7.85. The maximum Gasteiger partial charge on any atom is 0.420 e. The maximum absolute atomic E-state index is 12.5. The van der Waals surface area contributed by atoms with Gasteiger partial charge in [0, 0.05) is 31.8 Å². The number of ether oxygens (including phenoxy) is 2. The van der Waals surface area contributed by atoms with Crippen LogP contribution in [0.1, 0.15) is 57.1 Å². The van der Waals surface area contributed by atoms with Gasteiger partial charge in [0.2, 0.25) is 0 Å². The van der Waals surface area contributed by atoms with E-state index in [2.05, 4.69) is 17.9 Å². The number of oxazole rings is 1. The highest BCUT2D eigenvalue weighted by atomic mass is 32.2. The molecule has 1 saturated carbocycles. The van der Waals surface area contributed by atoms with Gasteiger partial charge in [-0.05, 0) is 63.6 Å². The van der Waals surface area contributed by atoms with Crippen LogP contribution in [0.5, 0.6) is 0 Å². The molecule has 0 spiro atoms. The van der Waals surface area contributed by atoms with Gasteiger partial charge in [-0.2, -0.15) is 13.7 Å². The fourth-order valence-corrected chi connectivity index (χ4v) is 5.11. The standard InChI is InChI=1S/C23H31N3O4.CH4O3S/c1-23(9-5-19(6-10-23)29-14-13-28-2)25-11-7-18(8-12-25)26-20-15-17(16-24)3-4-21(20)30-22(26)27;1-5(2,3)4/h3-4,15,18-19H,5-14H2,1-2H3;1H3,(H,2,3,4)/t19-,23-;. The van der Waals surface area contributed by atoms with Gasteiger partial charge in [-0.3, -0.25) is 14.0 Å². The van der Waals surface area contributed by atoms with Gasteiger partial charge >= 0.3 is 5.76 Å². The van der Waals surface area contributed by atoms with E-state index in [1.165, 1.54) is 0 Å².